The molecule has 0 radical (unpaired) electrons. The first-order valence-corrected chi connectivity index (χ1v) is 4.94. The standard InChI is InChI=1S/C12H17NO2/c1-13-9-5-6-10-15-12-8-4-3-7-11(12)14-2/h3-8,13H,9-10H2,1-2H3. The molecular formula is C12H17NO2. The molecule has 0 saturated carbocycles. The van der Waals surface area contributed by atoms with Crippen molar-refractivity contribution in [2.24, 2.45) is 0 Å². The first-order valence-electron chi connectivity index (χ1n) is 4.94. The van der Waals surface area contributed by atoms with Crippen LogP contribution in [-0.2, 0) is 0 Å². The molecule has 0 atom stereocenters. The molecule has 0 aliphatic carbocycles. The monoisotopic (exact) mass is 207 g/mol. The predicted octanol–water partition coefficient (Wildman–Crippen LogP) is 1.85. The smallest absolute Gasteiger partial charge is 0.161 e. The fraction of sp³-hybridized carbons (Fsp3) is 0.333. The minimum atomic E-state index is 0.558. The zero-order chi connectivity index (χ0) is 10.9. The van der Waals surface area contributed by atoms with Crippen LogP contribution in [0.2, 0.25) is 0 Å². The third kappa shape index (κ3) is 4.04. The summed E-state index contributed by atoms with van der Waals surface area (Å²) in [5, 5.41) is 3.02. The number of nitrogens with one attached hydrogen (secondary N) is 1. The molecule has 0 bridgehead atoms. The van der Waals surface area contributed by atoms with Crippen molar-refractivity contribution >= 4 is 0 Å². The van der Waals surface area contributed by atoms with E-state index in [4.69, 9.17) is 9.47 Å². The summed E-state index contributed by atoms with van der Waals surface area (Å²) in [5.74, 6) is 1.54. The van der Waals surface area contributed by atoms with Crippen LogP contribution in [0, 0.1) is 0 Å². The maximum Gasteiger partial charge on any atom is 0.161 e. The topological polar surface area (TPSA) is 30.5 Å². The molecule has 1 aromatic rings. The molecule has 1 N–H and O–H groups in total. The van der Waals surface area contributed by atoms with Crippen LogP contribution in [0.4, 0.5) is 0 Å². The summed E-state index contributed by atoms with van der Waals surface area (Å²) in [5.41, 5.74) is 0. The third-order valence-corrected chi connectivity index (χ3v) is 1.89. The lowest BCUT2D eigenvalue weighted by Gasteiger charge is -2.07. The molecule has 0 unspecified atom stereocenters. The fourth-order valence-electron chi connectivity index (χ4n) is 1.15. The van der Waals surface area contributed by atoms with E-state index < -0.39 is 0 Å². The van der Waals surface area contributed by atoms with Gasteiger partial charge < -0.3 is 14.8 Å². The van der Waals surface area contributed by atoms with E-state index in [0.29, 0.717) is 6.61 Å². The van der Waals surface area contributed by atoms with E-state index in [1.54, 1.807) is 7.11 Å². The summed E-state index contributed by atoms with van der Waals surface area (Å²) >= 11 is 0. The van der Waals surface area contributed by atoms with Crippen LogP contribution in [0.25, 0.3) is 0 Å². The number of rotatable bonds is 6. The molecule has 0 spiro atoms. The summed E-state index contributed by atoms with van der Waals surface area (Å²) in [6.07, 6.45) is 4.00. The van der Waals surface area contributed by atoms with Crippen molar-refractivity contribution in [2.75, 3.05) is 27.3 Å². The maximum absolute atomic E-state index is 5.54. The van der Waals surface area contributed by atoms with E-state index in [1.165, 1.54) is 0 Å². The van der Waals surface area contributed by atoms with Crippen molar-refractivity contribution in [3.05, 3.63) is 36.4 Å². The first kappa shape index (κ1) is 11.6. The van der Waals surface area contributed by atoms with E-state index in [0.717, 1.165) is 18.0 Å². The van der Waals surface area contributed by atoms with Crippen molar-refractivity contribution in [3.8, 4) is 11.5 Å². The highest BCUT2D eigenvalue weighted by Crippen LogP contribution is 2.25. The molecular weight excluding hydrogens is 190 g/mol. The molecule has 0 heterocycles. The first-order chi connectivity index (χ1) is 7.38. The number of ether oxygens (including phenoxy) is 2. The van der Waals surface area contributed by atoms with E-state index in [-0.39, 0.29) is 0 Å². The van der Waals surface area contributed by atoms with Gasteiger partial charge in [0.25, 0.3) is 0 Å². The number of methoxy groups -OCH3 is 1. The average molecular weight is 207 g/mol. The number of para-hydroxylation sites is 2. The second kappa shape index (κ2) is 6.90. The van der Waals surface area contributed by atoms with Crippen molar-refractivity contribution in [1.29, 1.82) is 0 Å². The number of hydrogen-bond donors (Lipinski definition) is 1. The Balaban J connectivity index is 2.43. The Morgan fingerprint density at radius 3 is 2.60 bits per heavy atom. The third-order valence-electron chi connectivity index (χ3n) is 1.89. The normalized spacial score (nSPS) is 10.5. The Morgan fingerprint density at radius 2 is 1.93 bits per heavy atom. The van der Waals surface area contributed by atoms with Crippen molar-refractivity contribution in [1.82, 2.24) is 5.32 Å². The molecule has 0 saturated heterocycles. The van der Waals surface area contributed by atoms with Crippen LogP contribution in [0.1, 0.15) is 0 Å². The average Bonchev–Trinajstić information content (AvgIpc) is 2.29. The van der Waals surface area contributed by atoms with Gasteiger partial charge in [0.05, 0.1) is 7.11 Å². The molecule has 3 heteroatoms. The summed E-state index contributed by atoms with van der Waals surface area (Å²) in [6, 6.07) is 7.62. The summed E-state index contributed by atoms with van der Waals surface area (Å²) < 4.78 is 10.7. The van der Waals surface area contributed by atoms with E-state index in [9.17, 15) is 0 Å². The minimum absolute atomic E-state index is 0.558. The molecule has 0 aliphatic heterocycles. The quantitative estimate of drug-likeness (QED) is 0.722. The van der Waals surface area contributed by atoms with E-state index >= 15 is 0 Å². The zero-order valence-corrected chi connectivity index (χ0v) is 9.19. The molecule has 1 rings (SSSR count). The molecule has 0 aromatic heterocycles. The van der Waals surface area contributed by atoms with Crippen molar-refractivity contribution in [2.45, 2.75) is 0 Å². The second-order valence-corrected chi connectivity index (χ2v) is 2.99. The molecule has 3 nitrogen and oxygen atoms in total. The summed E-state index contributed by atoms with van der Waals surface area (Å²) in [6.45, 7) is 1.41. The van der Waals surface area contributed by atoms with Gasteiger partial charge >= 0.3 is 0 Å². The number of likely N-dealkylation sites (N-methyl/N-ethyl adjacent to an activating group) is 1. The van der Waals surface area contributed by atoms with Gasteiger partial charge in [-0.05, 0) is 19.2 Å². The molecule has 0 aliphatic rings. The van der Waals surface area contributed by atoms with Gasteiger partial charge in [-0.15, -0.1) is 0 Å². The van der Waals surface area contributed by atoms with Gasteiger partial charge in [-0.3, -0.25) is 0 Å². The van der Waals surface area contributed by atoms with Gasteiger partial charge in [0.15, 0.2) is 11.5 Å². The minimum Gasteiger partial charge on any atom is -0.493 e. The van der Waals surface area contributed by atoms with Gasteiger partial charge in [0, 0.05) is 6.54 Å². The van der Waals surface area contributed by atoms with Gasteiger partial charge in [0.2, 0.25) is 0 Å². The Bertz CT molecular complexity index is 310. The Kier molecular flexibility index (Phi) is 5.33. The van der Waals surface area contributed by atoms with Crippen LogP contribution in [0.15, 0.2) is 36.4 Å². The lowest BCUT2D eigenvalue weighted by atomic mass is 10.3. The number of hydrogen-bond acceptors (Lipinski definition) is 3. The van der Waals surface area contributed by atoms with Gasteiger partial charge in [0.1, 0.15) is 6.61 Å². The Hall–Kier alpha value is -1.48. The van der Waals surface area contributed by atoms with E-state index in [2.05, 4.69) is 5.32 Å². The maximum atomic E-state index is 5.54. The molecule has 0 amide bonds. The zero-order valence-electron chi connectivity index (χ0n) is 9.19. The molecule has 82 valence electrons. The molecule has 15 heavy (non-hydrogen) atoms. The van der Waals surface area contributed by atoms with Gasteiger partial charge in [-0.25, -0.2) is 0 Å². The summed E-state index contributed by atoms with van der Waals surface area (Å²) in [4.78, 5) is 0. The largest absolute Gasteiger partial charge is 0.493 e. The number of benzene rings is 1. The Labute approximate surface area is 90.7 Å². The highest BCUT2D eigenvalue weighted by molar-refractivity contribution is 5.39. The van der Waals surface area contributed by atoms with Gasteiger partial charge in [-0.2, -0.15) is 0 Å². The van der Waals surface area contributed by atoms with Crippen LogP contribution >= 0.6 is 0 Å². The van der Waals surface area contributed by atoms with Crippen LogP contribution < -0.4 is 14.8 Å². The van der Waals surface area contributed by atoms with Crippen LogP contribution in [0.5, 0.6) is 11.5 Å². The van der Waals surface area contributed by atoms with Crippen molar-refractivity contribution < 1.29 is 9.47 Å². The SMILES string of the molecule is CNCC=CCOc1ccccc1OC. The Morgan fingerprint density at radius 1 is 1.20 bits per heavy atom. The van der Waals surface area contributed by atoms with Crippen molar-refractivity contribution in [3.63, 3.8) is 0 Å². The van der Waals surface area contributed by atoms with Gasteiger partial charge in [-0.1, -0.05) is 24.3 Å². The summed E-state index contributed by atoms with van der Waals surface area (Å²) in [7, 11) is 3.55. The predicted molar refractivity (Wildman–Crippen MR) is 61.6 cm³/mol. The highest BCUT2D eigenvalue weighted by atomic mass is 16.5. The lowest BCUT2D eigenvalue weighted by Crippen LogP contribution is -2.04. The lowest BCUT2D eigenvalue weighted by molar-refractivity contribution is 0.326. The highest BCUT2D eigenvalue weighted by Gasteiger charge is 1.99. The molecule has 0 fully saturated rings. The van der Waals surface area contributed by atoms with Crippen LogP contribution in [0.3, 0.4) is 0 Å². The molecule has 1 aromatic carbocycles. The van der Waals surface area contributed by atoms with Crippen LogP contribution in [-0.4, -0.2) is 27.3 Å². The van der Waals surface area contributed by atoms with E-state index in [1.807, 2.05) is 43.5 Å². The second-order valence-electron chi connectivity index (χ2n) is 2.99. The fourth-order valence-corrected chi connectivity index (χ4v) is 1.15.